The number of hydrogen-bond acceptors (Lipinski definition) is 3. The number of carbonyl (C=O) groups excluding carboxylic acids is 1. The zero-order chi connectivity index (χ0) is 13.1. The van der Waals surface area contributed by atoms with Crippen molar-refractivity contribution in [2.45, 2.75) is 39.2 Å². The van der Waals surface area contributed by atoms with E-state index in [1.807, 2.05) is 14.1 Å². The van der Waals surface area contributed by atoms with Gasteiger partial charge in [0.05, 0.1) is 6.04 Å². The Hall–Kier alpha value is -0.610. The number of rotatable bonds is 5. The average Bonchev–Trinajstić information content (AvgIpc) is 2.73. The second-order valence-electron chi connectivity index (χ2n) is 6.04. The molecule has 1 aliphatic rings. The topological polar surface area (TPSA) is 49.6 Å². The van der Waals surface area contributed by atoms with Crippen LogP contribution >= 0.6 is 0 Å². The second kappa shape index (κ2) is 5.83. The van der Waals surface area contributed by atoms with E-state index in [1.165, 1.54) is 0 Å². The predicted molar refractivity (Wildman–Crippen MR) is 70.7 cm³/mol. The van der Waals surface area contributed by atoms with Crippen LogP contribution in [-0.2, 0) is 4.79 Å². The summed E-state index contributed by atoms with van der Waals surface area (Å²) in [4.78, 5) is 16.0. The Balaban J connectivity index is 2.50. The molecule has 1 saturated heterocycles. The SMILES string of the molecule is CN(C)C(=O)C1CCCN1CCC(C)(C)CN. The fourth-order valence-corrected chi connectivity index (χ4v) is 2.22. The summed E-state index contributed by atoms with van der Waals surface area (Å²) in [7, 11) is 3.67. The Morgan fingerprint density at radius 3 is 2.65 bits per heavy atom. The third kappa shape index (κ3) is 3.96. The van der Waals surface area contributed by atoms with E-state index in [4.69, 9.17) is 5.73 Å². The van der Waals surface area contributed by atoms with Crippen molar-refractivity contribution in [2.75, 3.05) is 33.7 Å². The lowest BCUT2D eigenvalue weighted by atomic mass is 9.89. The van der Waals surface area contributed by atoms with Crippen LogP contribution in [0.3, 0.4) is 0 Å². The number of carbonyl (C=O) groups is 1. The minimum Gasteiger partial charge on any atom is -0.347 e. The minimum absolute atomic E-state index is 0.0959. The van der Waals surface area contributed by atoms with Gasteiger partial charge < -0.3 is 10.6 Å². The van der Waals surface area contributed by atoms with Crippen LogP contribution in [0.2, 0.25) is 0 Å². The van der Waals surface area contributed by atoms with Gasteiger partial charge in [0.25, 0.3) is 0 Å². The zero-order valence-corrected chi connectivity index (χ0v) is 11.7. The van der Waals surface area contributed by atoms with Crippen LogP contribution in [0, 0.1) is 5.41 Å². The van der Waals surface area contributed by atoms with Crippen LogP contribution in [0.4, 0.5) is 0 Å². The van der Waals surface area contributed by atoms with Gasteiger partial charge in [0.1, 0.15) is 0 Å². The van der Waals surface area contributed by atoms with Gasteiger partial charge in [-0.05, 0) is 44.3 Å². The molecule has 0 aromatic carbocycles. The molecule has 17 heavy (non-hydrogen) atoms. The molecule has 0 radical (unpaired) electrons. The van der Waals surface area contributed by atoms with Gasteiger partial charge in [-0.25, -0.2) is 0 Å². The fourth-order valence-electron chi connectivity index (χ4n) is 2.22. The smallest absolute Gasteiger partial charge is 0.239 e. The first-order valence-electron chi connectivity index (χ1n) is 6.53. The largest absolute Gasteiger partial charge is 0.347 e. The number of likely N-dealkylation sites (N-methyl/N-ethyl adjacent to an activating group) is 1. The van der Waals surface area contributed by atoms with Crippen molar-refractivity contribution in [3.63, 3.8) is 0 Å². The molecule has 100 valence electrons. The third-order valence-electron chi connectivity index (χ3n) is 3.72. The minimum atomic E-state index is 0.0959. The molecule has 1 rings (SSSR count). The van der Waals surface area contributed by atoms with Gasteiger partial charge in [0.2, 0.25) is 5.91 Å². The maximum absolute atomic E-state index is 12.0. The van der Waals surface area contributed by atoms with Gasteiger partial charge in [-0.2, -0.15) is 0 Å². The van der Waals surface area contributed by atoms with E-state index in [-0.39, 0.29) is 17.4 Å². The van der Waals surface area contributed by atoms with Crippen molar-refractivity contribution in [2.24, 2.45) is 11.1 Å². The molecule has 4 nitrogen and oxygen atoms in total. The highest BCUT2D eigenvalue weighted by atomic mass is 16.2. The summed E-state index contributed by atoms with van der Waals surface area (Å²) in [5.41, 5.74) is 5.91. The summed E-state index contributed by atoms with van der Waals surface area (Å²) in [6, 6.07) is 0.0959. The lowest BCUT2D eigenvalue weighted by molar-refractivity contribution is -0.133. The molecular formula is C13H27N3O. The molecule has 0 aliphatic carbocycles. The average molecular weight is 241 g/mol. The van der Waals surface area contributed by atoms with Gasteiger partial charge in [-0.1, -0.05) is 13.8 Å². The predicted octanol–water partition coefficient (Wildman–Crippen LogP) is 0.914. The van der Waals surface area contributed by atoms with Crippen molar-refractivity contribution < 1.29 is 4.79 Å². The van der Waals surface area contributed by atoms with E-state index in [1.54, 1.807) is 4.90 Å². The molecule has 1 amide bonds. The van der Waals surface area contributed by atoms with Crippen molar-refractivity contribution in [3.8, 4) is 0 Å². The van der Waals surface area contributed by atoms with Gasteiger partial charge >= 0.3 is 0 Å². The molecule has 4 heteroatoms. The second-order valence-corrected chi connectivity index (χ2v) is 6.04. The first kappa shape index (κ1) is 14.5. The van der Waals surface area contributed by atoms with E-state index < -0.39 is 0 Å². The Bertz CT molecular complexity index is 263. The lowest BCUT2D eigenvalue weighted by Gasteiger charge is -2.30. The summed E-state index contributed by atoms with van der Waals surface area (Å²) in [6.45, 7) is 7.10. The molecular weight excluding hydrogens is 214 g/mol. The summed E-state index contributed by atoms with van der Waals surface area (Å²) in [5.74, 6) is 0.244. The van der Waals surface area contributed by atoms with E-state index in [0.29, 0.717) is 6.54 Å². The highest BCUT2D eigenvalue weighted by molar-refractivity contribution is 5.81. The Kier molecular flexibility index (Phi) is 4.95. The highest BCUT2D eigenvalue weighted by Gasteiger charge is 2.32. The van der Waals surface area contributed by atoms with Gasteiger partial charge in [0.15, 0.2) is 0 Å². The molecule has 1 unspecified atom stereocenters. The van der Waals surface area contributed by atoms with Crippen LogP contribution in [0.25, 0.3) is 0 Å². The molecule has 0 spiro atoms. The van der Waals surface area contributed by atoms with E-state index in [2.05, 4.69) is 18.7 Å². The van der Waals surface area contributed by atoms with Crippen molar-refractivity contribution in [3.05, 3.63) is 0 Å². The van der Waals surface area contributed by atoms with E-state index in [9.17, 15) is 4.79 Å². The molecule has 1 heterocycles. The first-order valence-corrected chi connectivity index (χ1v) is 6.53. The van der Waals surface area contributed by atoms with E-state index >= 15 is 0 Å². The van der Waals surface area contributed by atoms with Crippen molar-refractivity contribution >= 4 is 5.91 Å². The van der Waals surface area contributed by atoms with Gasteiger partial charge in [0, 0.05) is 14.1 Å². The van der Waals surface area contributed by atoms with Crippen LogP contribution < -0.4 is 5.73 Å². The number of amides is 1. The number of nitrogens with two attached hydrogens (primary N) is 1. The maximum Gasteiger partial charge on any atom is 0.239 e. The summed E-state index contributed by atoms with van der Waals surface area (Å²) >= 11 is 0. The Morgan fingerprint density at radius 2 is 2.12 bits per heavy atom. The Morgan fingerprint density at radius 1 is 1.47 bits per heavy atom. The molecule has 2 N–H and O–H groups in total. The summed E-state index contributed by atoms with van der Waals surface area (Å²) in [6.07, 6.45) is 3.19. The number of hydrogen-bond donors (Lipinski definition) is 1. The number of likely N-dealkylation sites (tertiary alicyclic amines) is 1. The normalized spacial score (nSPS) is 21.8. The molecule has 1 fully saturated rings. The fraction of sp³-hybridized carbons (Fsp3) is 0.923. The molecule has 1 atom stereocenters. The van der Waals surface area contributed by atoms with E-state index in [0.717, 1.165) is 32.4 Å². The van der Waals surface area contributed by atoms with Crippen LogP contribution in [0.5, 0.6) is 0 Å². The molecule has 0 saturated carbocycles. The molecule has 0 aromatic heterocycles. The van der Waals surface area contributed by atoms with Crippen molar-refractivity contribution in [1.29, 1.82) is 0 Å². The summed E-state index contributed by atoms with van der Waals surface area (Å²) < 4.78 is 0. The molecule has 0 aromatic rings. The number of nitrogens with zero attached hydrogens (tertiary/aromatic N) is 2. The van der Waals surface area contributed by atoms with Gasteiger partial charge in [-0.15, -0.1) is 0 Å². The maximum atomic E-state index is 12.0. The monoisotopic (exact) mass is 241 g/mol. The van der Waals surface area contributed by atoms with Crippen LogP contribution in [0.15, 0.2) is 0 Å². The quantitative estimate of drug-likeness (QED) is 0.778. The molecule has 0 bridgehead atoms. The summed E-state index contributed by atoms with van der Waals surface area (Å²) in [5, 5.41) is 0. The van der Waals surface area contributed by atoms with Crippen molar-refractivity contribution in [1.82, 2.24) is 9.80 Å². The lowest BCUT2D eigenvalue weighted by Crippen LogP contribution is -2.44. The van der Waals surface area contributed by atoms with Gasteiger partial charge in [-0.3, -0.25) is 9.69 Å². The first-order chi connectivity index (χ1) is 7.87. The third-order valence-corrected chi connectivity index (χ3v) is 3.72. The highest BCUT2D eigenvalue weighted by Crippen LogP contribution is 2.24. The molecule has 1 aliphatic heterocycles. The van der Waals surface area contributed by atoms with Crippen LogP contribution in [-0.4, -0.2) is 55.5 Å². The Labute approximate surface area is 105 Å². The standard InChI is InChI=1S/C13H27N3O/c1-13(2,10-14)7-9-16-8-5-6-11(16)12(17)15(3)4/h11H,5-10,14H2,1-4H3. The zero-order valence-electron chi connectivity index (χ0n) is 11.7. The van der Waals surface area contributed by atoms with Crippen LogP contribution in [0.1, 0.15) is 33.1 Å².